The van der Waals surface area contributed by atoms with E-state index in [0.29, 0.717) is 11.1 Å². The largest absolute Gasteiger partial charge is 0.203 e. The summed E-state index contributed by atoms with van der Waals surface area (Å²) in [4.78, 5) is 0. The lowest BCUT2D eigenvalue weighted by molar-refractivity contribution is 0.497. The number of rotatable bonds is 4. The van der Waals surface area contributed by atoms with Gasteiger partial charge in [-0.05, 0) is 53.3 Å². The van der Waals surface area contributed by atoms with Crippen molar-refractivity contribution in [3.63, 3.8) is 0 Å². The average molecular weight is 326 g/mol. The van der Waals surface area contributed by atoms with Crippen LogP contribution >= 0.6 is 0 Å². The highest BCUT2D eigenvalue weighted by Gasteiger charge is 2.20. The predicted molar refractivity (Wildman–Crippen MR) is 98.3 cm³/mol. The Morgan fingerprint density at radius 1 is 1.21 bits per heavy atom. The Kier molecular flexibility index (Phi) is 5.71. The Balaban J connectivity index is 2.96. The summed E-state index contributed by atoms with van der Waals surface area (Å²) in [5, 5.41) is 1.84. The van der Waals surface area contributed by atoms with E-state index >= 15 is 0 Å². The molecule has 2 rings (SSSR count). The molecular formula is C22H24F2. The highest BCUT2D eigenvalue weighted by atomic mass is 19.2. The molecule has 0 saturated carbocycles. The Labute approximate surface area is 142 Å². The third-order valence-electron chi connectivity index (χ3n) is 4.60. The van der Waals surface area contributed by atoms with E-state index in [-0.39, 0.29) is 5.92 Å². The number of allylic oxidation sites excluding steroid dienone is 1. The molecule has 1 atom stereocenters. The molecule has 2 aromatic rings. The zero-order valence-electron chi connectivity index (χ0n) is 14.8. The monoisotopic (exact) mass is 326 g/mol. The molecule has 126 valence electrons. The molecule has 0 aromatic heterocycles. The van der Waals surface area contributed by atoms with Crippen LogP contribution in [0.15, 0.2) is 43.0 Å². The van der Waals surface area contributed by atoms with Gasteiger partial charge in [-0.3, -0.25) is 0 Å². The molecule has 0 N–H and O–H groups in total. The number of aryl methyl sites for hydroxylation is 1. The van der Waals surface area contributed by atoms with E-state index in [0.717, 1.165) is 28.0 Å². The zero-order valence-corrected chi connectivity index (χ0v) is 14.8. The maximum absolute atomic E-state index is 14.8. The summed E-state index contributed by atoms with van der Waals surface area (Å²) in [7, 11) is 0. The fourth-order valence-electron chi connectivity index (χ4n) is 3.01. The first-order valence-corrected chi connectivity index (χ1v) is 8.29. The molecule has 0 fully saturated rings. The average Bonchev–Trinajstić information content (AvgIpc) is 2.59. The van der Waals surface area contributed by atoms with Crippen LogP contribution < -0.4 is 10.4 Å². The van der Waals surface area contributed by atoms with Gasteiger partial charge in [0.25, 0.3) is 0 Å². The quantitative estimate of drug-likeness (QED) is 0.744. The predicted octanol–water partition coefficient (Wildman–Crippen LogP) is 4.97. The molecule has 0 heterocycles. The van der Waals surface area contributed by atoms with Gasteiger partial charge in [-0.25, -0.2) is 8.78 Å². The van der Waals surface area contributed by atoms with Gasteiger partial charge in [0, 0.05) is 5.56 Å². The smallest absolute Gasteiger partial charge is 0.166 e. The number of hydrogen-bond donors (Lipinski definition) is 0. The van der Waals surface area contributed by atoms with Crippen molar-refractivity contribution in [2.45, 2.75) is 40.0 Å². The van der Waals surface area contributed by atoms with Crippen LogP contribution in [0.25, 0.3) is 11.6 Å². The second-order valence-electron chi connectivity index (χ2n) is 6.21. The summed E-state index contributed by atoms with van der Waals surface area (Å²) >= 11 is 0. The maximum Gasteiger partial charge on any atom is 0.166 e. The number of hydrogen-bond acceptors (Lipinski definition) is 0. The fraction of sp³-hybridized carbons (Fsp3) is 0.273. The summed E-state index contributed by atoms with van der Waals surface area (Å²) in [6.45, 7) is 11.3. The molecule has 0 nitrogen and oxygen atoms in total. The molecule has 0 radical (unpaired) electrons. The van der Waals surface area contributed by atoms with Gasteiger partial charge in [0.2, 0.25) is 0 Å². The fourth-order valence-corrected chi connectivity index (χ4v) is 3.01. The molecular weight excluding hydrogens is 302 g/mol. The third kappa shape index (κ3) is 3.33. The van der Waals surface area contributed by atoms with E-state index in [4.69, 9.17) is 0 Å². The van der Waals surface area contributed by atoms with E-state index in [2.05, 4.69) is 13.5 Å². The molecule has 0 spiro atoms. The van der Waals surface area contributed by atoms with Crippen LogP contribution in [0, 0.1) is 18.6 Å². The van der Waals surface area contributed by atoms with Crippen molar-refractivity contribution in [3.05, 3.63) is 81.7 Å². The molecule has 0 aliphatic carbocycles. The normalized spacial score (nSPS) is 14.5. The molecule has 0 saturated heterocycles. The molecule has 0 bridgehead atoms. The first-order chi connectivity index (χ1) is 11.4. The minimum absolute atomic E-state index is 0.152. The van der Waals surface area contributed by atoms with Crippen LogP contribution in [0.3, 0.4) is 0 Å². The van der Waals surface area contributed by atoms with E-state index in [1.807, 2.05) is 44.2 Å². The van der Waals surface area contributed by atoms with E-state index in [9.17, 15) is 8.78 Å². The van der Waals surface area contributed by atoms with Crippen molar-refractivity contribution >= 4 is 11.6 Å². The van der Waals surface area contributed by atoms with Crippen molar-refractivity contribution in [2.75, 3.05) is 0 Å². The minimum atomic E-state index is -0.762. The molecule has 0 aliphatic heterocycles. The molecule has 1 unspecified atom stereocenters. The highest BCUT2D eigenvalue weighted by Crippen LogP contribution is 2.31. The van der Waals surface area contributed by atoms with Crippen molar-refractivity contribution in [2.24, 2.45) is 0 Å². The SMILES string of the molecule is C=C/C=c1/cccc/c1=C(/C)c1c(C(C)CC)cc(C)c(F)c1F. The summed E-state index contributed by atoms with van der Waals surface area (Å²) in [6.07, 6.45) is 4.45. The Morgan fingerprint density at radius 3 is 2.50 bits per heavy atom. The van der Waals surface area contributed by atoms with Crippen LogP contribution in [0.2, 0.25) is 0 Å². The van der Waals surface area contributed by atoms with Gasteiger partial charge in [-0.1, -0.05) is 62.9 Å². The molecule has 0 aliphatic rings. The topological polar surface area (TPSA) is 0 Å². The Hall–Kier alpha value is -2.22. The van der Waals surface area contributed by atoms with Crippen molar-refractivity contribution in [3.8, 4) is 0 Å². The molecule has 0 amide bonds. The van der Waals surface area contributed by atoms with Gasteiger partial charge in [0.05, 0.1) is 0 Å². The maximum atomic E-state index is 14.8. The summed E-state index contributed by atoms with van der Waals surface area (Å²) in [5.41, 5.74) is 2.35. The van der Waals surface area contributed by atoms with E-state index in [1.54, 1.807) is 19.1 Å². The van der Waals surface area contributed by atoms with Gasteiger partial charge < -0.3 is 0 Å². The lowest BCUT2D eigenvalue weighted by atomic mass is 9.87. The second-order valence-corrected chi connectivity index (χ2v) is 6.21. The minimum Gasteiger partial charge on any atom is -0.203 e. The lowest BCUT2D eigenvalue weighted by Crippen LogP contribution is -2.27. The van der Waals surface area contributed by atoms with Gasteiger partial charge in [0.1, 0.15) is 0 Å². The first kappa shape index (κ1) is 18.1. The van der Waals surface area contributed by atoms with Gasteiger partial charge >= 0.3 is 0 Å². The van der Waals surface area contributed by atoms with Crippen LogP contribution in [-0.2, 0) is 0 Å². The molecule has 2 aromatic carbocycles. The van der Waals surface area contributed by atoms with Crippen LogP contribution in [-0.4, -0.2) is 0 Å². The highest BCUT2D eigenvalue weighted by molar-refractivity contribution is 5.68. The molecule has 2 heteroatoms. The van der Waals surface area contributed by atoms with Gasteiger partial charge in [0.15, 0.2) is 11.6 Å². The van der Waals surface area contributed by atoms with Gasteiger partial charge in [-0.2, -0.15) is 0 Å². The van der Waals surface area contributed by atoms with Gasteiger partial charge in [-0.15, -0.1) is 0 Å². The third-order valence-corrected chi connectivity index (χ3v) is 4.60. The number of benzene rings is 2. The van der Waals surface area contributed by atoms with E-state index < -0.39 is 11.6 Å². The summed E-state index contributed by atoms with van der Waals surface area (Å²) < 4.78 is 29.1. The van der Waals surface area contributed by atoms with Crippen LogP contribution in [0.5, 0.6) is 0 Å². The lowest BCUT2D eigenvalue weighted by Gasteiger charge is -2.18. The van der Waals surface area contributed by atoms with Crippen molar-refractivity contribution in [1.82, 2.24) is 0 Å². The van der Waals surface area contributed by atoms with Crippen LogP contribution in [0.1, 0.15) is 49.8 Å². The van der Waals surface area contributed by atoms with Crippen molar-refractivity contribution < 1.29 is 8.78 Å². The first-order valence-electron chi connectivity index (χ1n) is 8.29. The van der Waals surface area contributed by atoms with Crippen LogP contribution in [0.4, 0.5) is 8.78 Å². The van der Waals surface area contributed by atoms with E-state index in [1.165, 1.54) is 0 Å². The summed E-state index contributed by atoms with van der Waals surface area (Å²) in [5.74, 6) is -1.36. The zero-order chi connectivity index (χ0) is 17.9. The Morgan fingerprint density at radius 2 is 1.88 bits per heavy atom. The Bertz CT molecular complexity index is 876. The summed E-state index contributed by atoms with van der Waals surface area (Å²) in [6, 6.07) is 9.50. The molecule has 24 heavy (non-hydrogen) atoms. The van der Waals surface area contributed by atoms with Crippen molar-refractivity contribution in [1.29, 1.82) is 0 Å². The number of halogens is 2. The standard InChI is InChI=1S/C22H24F2/c1-6-10-17-11-8-9-12-18(17)16(5)20-19(14(3)7-2)13-15(4)21(23)22(20)24/h6,8-14H,1,7H2,2-5H3/b17-10-,18-16+. The second kappa shape index (κ2) is 7.57.